The van der Waals surface area contributed by atoms with Crippen LogP contribution in [0.2, 0.25) is 0 Å². The van der Waals surface area contributed by atoms with Gasteiger partial charge in [-0.05, 0) is 60.6 Å². The van der Waals surface area contributed by atoms with Gasteiger partial charge in [0.25, 0.3) is 0 Å². The number of hydrogen-bond acceptors (Lipinski definition) is 3. The van der Waals surface area contributed by atoms with E-state index in [-0.39, 0.29) is 5.91 Å². The second kappa shape index (κ2) is 6.92. The van der Waals surface area contributed by atoms with Crippen molar-refractivity contribution in [3.8, 4) is 0 Å². The number of carbonyl (C=O) groups excluding carboxylic acids is 2. The normalized spacial score (nSPS) is 17.9. The van der Waals surface area contributed by atoms with Crippen molar-refractivity contribution in [2.24, 2.45) is 0 Å². The van der Waals surface area contributed by atoms with Gasteiger partial charge in [-0.3, -0.25) is 9.69 Å². The fourth-order valence-corrected chi connectivity index (χ4v) is 2.80. The van der Waals surface area contributed by atoms with Crippen molar-refractivity contribution in [2.45, 2.75) is 25.8 Å². The summed E-state index contributed by atoms with van der Waals surface area (Å²) in [6.45, 7) is 2.65. The molecule has 0 spiro atoms. The van der Waals surface area contributed by atoms with Crippen LogP contribution in [0.5, 0.6) is 0 Å². The number of rotatable bonds is 3. The number of carbonyl (C=O) groups is 2. The summed E-state index contributed by atoms with van der Waals surface area (Å²) in [6, 6.07) is 7.13. The summed E-state index contributed by atoms with van der Waals surface area (Å²) in [4.78, 5) is 25.6. The van der Waals surface area contributed by atoms with E-state index in [9.17, 15) is 9.59 Å². The molecule has 1 N–H and O–H groups in total. The summed E-state index contributed by atoms with van der Waals surface area (Å²) >= 11 is 2.19. The van der Waals surface area contributed by atoms with E-state index in [0.29, 0.717) is 19.6 Å². The van der Waals surface area contributed by atoms with Gasteiger partial charge in [0.15, 0.2) is 0 Å². The molecule has 1 aromatic carbocycles. The number of likely N-dealkylation sites (tertiary alicyclic amines) is 1. The zero-order chi connectivity index (χ0) is 14.5. The lowest BCUT2D eigenvalue weighted by Crippen LogP contribution is -2.43. The van der Waals surface area contributed by atoms with Crippen molar-refractivity contribution in [2.75, 3.05) is 18.5 Å². The Labute approximate surface area is 131 Å². The molecule has 0 unspecified atom stereocenters. The molecule has 1 saturated heterocycles. The second-order valence-corrected chi connectivity index (χ2v) is 5.80. The summed E-state index contributed by atoms with van der Waals surface area (Å²) in [5.74, 6) is -0.155. The predicted molar refractivity (Wildman–Crippen MR) is 84.5 cm³/mol. The molecule has 1 aliphatic heterocycles. The van der Waals surface area contributed by atoms with Crippen molar-refractivity contribution in [1.29, 1.82) is 0 Å². The van der Waals surface area contributed by atoms with Crippen molar-refractivity contribution >= 4 is 40.3 Å². The van der Waals surface area contributed by atoms with E-state index in [1.807, 2.05) is 24.3 Å². The molecule has 0 aromatic heterocycles. The van der Waals surface area contributed by atoms with Crippen LogP contribution >= 0.6 is 22.6 Å². The van der Waals surface area contributed by atoms with E-state index in [0.717, 1.165) is 15.7 Å². The Morgan fingerprint density at radius 2 is 2.30 bits per heavy atom. The minimum atomic E-state index is -0.438. The second-order valence-electron chi connectivity index (χ2n) is 4.55. The molecular weight excluding hydrogens is 371 g/mol. The average molecular weight is 388 g/mol. The summed E-state index contributed by atoms with van der Waals surface area (Å²) in [5, 5.41) is 2.86. The maximum Gasteiger partial charge on any atom is 0.410 e. The molecule has 5 nitrogen and oxygen atoms in total. The first-order valence-electron chi connectivity index (χ1n) is 6.61. The smallest absolute Gasteiger partial charge is 0.410 e. The molecule has 0 saturated carbocycles. The third-order valence-electron chi connectivity index (χ3n) is 3.15. The zero-order valence-electron chi connectivity index (χ0n) is 11.3. The van der Waals surface area contributed by atoms with Gasteiger partial charge in [0.2, 0.25) is 5.91 Å². The lowest BCUT2D eigenvalue weighted by Gasteiger charge is -2.23. The number of anilines is 1. The molecule has 0 aliphatic carbocycles. The van der Waals surface area contributed by atoms with Gasteiger partial charge in [-0.1, -0.05) is 6.07 Å². The topological polar surface area (TPSA) is 58.6 Å². The Bertz CT molecular complexity index is 507. The maximum absolute atomic E-state index is 12.3. The fourth-order valence-electron chi connectivity index (χ4n) is 2.26. The van der Waals surface area contributed by atoms with Crippen LogP contribution in [0.3, 0.4) is 0 Å². The Morgan fingerprint density at radius 3 is 3.00 bits per heavy atom. The van der Waals surface area contributed by atoms with Crippen molar-refractivity contribution < 1.29 is 14.3 Å². The van der Waals surface area contributed by atoms with Crippen LogP contribution in [0, 0.1) is 3.57 Å². The Balaban J connectivity index is 2.02. The third kappa shape index (κ3) is 3.62. The van der Waals surface area contributed by atoms with E-state index in [2.05, 4.69) is 27.9 Å². The molecule has 20 heavy (non-hydrogen) atoms. The highest BCUT2D eigenvalue weighted by Gasteiger charge is 2.34. The molecule has 1 heterocycles. The SMILES string of the molecule is CCOC(=O)N1CCC[C@H]1C(=O)Nc1cccc(I)c1. The van der Waals surface area contributed by atoms with Gasteiger partial charge in [-0.15, -0.1) is 0 Å². The number of ether oxygens (including phenoxy) is 1. The summed E-state index contributed by atoms with van der Waals surface area (Å²) in [5.41, 5.74) is 0.748. The molecule has 2 amide bonds. The summed E-state index contributed by atoms with van der Waals surface area (Å²) < 4.78 is 6.03. The number of nitrogens with one attached hydrogen (secondary N) is 1. The quantitative estimate of drug-likeness (QED) is 0.811. The Morgan fingerprint density at radius 1 is 1.50 bits per heavy atom. The van der Waals surface area contributed by atoms with E-state index in [1.165, 1.54) is 4.90 Å². The van der Waals surface area contributed by atoms with Gasteiger partial charge in [-0.2, -0.15) is 0 Å². The first-order valence-corrected chi connectivity index (χ1v) is 7.69. The number of halogens is 1. The van der Waals surface area contributed by atoms with E-state index in [4.69, 9.17) is 4.74 Å². The molecule has 2 rings (SSSR count). The molecule has 6 heteroatoms. The minimum absolute atomic E-state index is 0.155. The van der Waals surface area contributed by atoms with Gasteiger partial charge in [-0.25, -0.2) is 4.79 Å². The monoisotopic (exact) mass is 388 g/mol. The van der Waals surface area contributed by atoms with Crippen LogP contribution in [0.4, 0.5) is 10.5 Å². The molecule has 1 aliphatic rings. The fraction of sp³-hybridized carbons (Fsp3) is 0.429. The first-order chi connectivity index (χ1) is 9.61. The number of hydrogen-bond donors (Lipinski definition) is 1. The molecule has 0 radical (unpaired) electrons. The van der Waals surface area contributed by atoms with Crippen LogP contribution in [0.1, 0.15) is 19.8 Å². The lowest BCUT2D eigenvalue weighted by molar-refractivity contribution is -0.120. The van der Waals surface area contributed by atoms with Gasteiger partial charge >= 0.3 is 6.09 Å². The third-order valence-corrected chi connectivity index (χ3v) is 3.82. The first kappa shape index (κ1) is 15.1. The number of benzene rings is 1. The van der Waals surface area contributed by atoms with Crippen molar-refractivity contribution in [1.82, 2.24) is 4.90 Å². The Kier molecular flexibility index (Phi) is 5.22. The maximum atomic E-state index is 12.3. The van der Waals surface area contributed by atoms with Gasteiger partial charge in [0, 0.05) is 15.8 Å². The highest BCUT2D eigenvalue weighted by molar-refractivity contribution is 14.1. The van der Waals surface area contributed by atoms with E-state index >= 15 is 0 Å². The van der Waals surface area contributed by atoms with Gasteiger partial charge < -0.3 is 10.1 Å². The number of nitrogens with zero attached hydrogens (tertiary/aromatic N) is 1. The van der Waals surface area contributed by atoms with Crippen molar-refractivity contribution in [3.05, 3.63) is 27.8 Å². The molecule has 1 atom stereocenters. The van der Waals surface area contributed by atoms with Gasteiger partial charge in [0.1, 0.15) is 6.04 Å². The molecule has 1 aromatic rings. The Hall–Kier alpha value is -1.31. The van der Waals surface area contributed by atoms with Crippen LogP contribution in [0.15, 0.2) is 24.3 Å². The van der Waals surface area contributed by atoms with Crippen LogP contribution in [-0.2, 0) is 9.53 Å². The molecule has 1 fully saturated rings. The van der Waals surface area contributed by atoms with Crippen LogP contribution in [-0.4, -0.2) is 36.1 Å². The zero-order valence-corrected chi connectivity index (χ0v) is 13.4. The van der Waals surface area contributed by atoms with Crippen LogP contribution in [0.25, 0.3) is 0 Å². The minimum Gasteiger partial charge on any atom is -0.450 e. The van der Waals surface area contributed by atoms with E-state index < -0.39 is 12.1 Å². The highest BCUT2D eigenvalue weighted by atomic mass is 127. The average Bonchev–Trinajstić information content (AvgIpc) is 2.88. The number of amides is 2. The molecule has 108 valence electrons. The summed E-state index contributed by atoms with van der Waals surface area (Å²) in [6.07, 6.45) is 1.09. The van der Waals surface area contributed by atoms with Gasteiger partial charge in [0.05, 0.1) is 6.61 Å². The van der Waals surface area contributed by atoms with Crippen LogP contribution < -0.4 is 5.32 Å². The largest absolute Gasteiger partial charge is 0.450 e. The standard InChI is InChI=1S/C14H17IN2O3/c1-2-20-14(19)17-8-4-7-12(17)13(18)16-11-6-3-5-10(15)9-11/h3,5-6,9,12H,2,4,7-8H2,1H3,(H,16,18)/t12-/m0/s1. The molecule has 0 bridgehead atoms. The summed E-state index contributed by atoms with van der Waals surface area (Å²) in [7, 11) is 0. The lowest BCUT2D eigenvalue weighted by atomic mass is 10.2. The van der Waals surface area contributed by atoms with E-state index in [1.54, 1.807) is 6.92 Å². The van der Waals surface area contributed by atoms with Crippen molar-refractivity contribution in [3.63, 3.8) is 0 Å². The predicted octanol–water partition coefficient (Wildman–Crippen LogP) is 2.85. The molecular formula is C14H17IN2O3. The highest BCUT2D eigenvalue weighted by Crippen LogP contribution is 2.20.